The van der Waals surface area contributed by atoms with Crippen LogP contribution in [0.15, 0.2) is 65.3 Å². The number of nitrogens with zero attached hydrogens (tertiary/aromatic N) is 1. The van der Waals surface area contributed by atoms with Crippen LogP contribution in [0.2, 0.25) is 0 Å². The average Bonchev–Trinajstić information content (AvgIpc) is 3.45. The number of ether oxygens (including phenoxy) is 1. The minimum Gasteiger partial charge on any atom is -0.467 e. The standard InChI is InChI=1S/C24H23FN4O4/c1-15(30)27-13-20-14-29(24(31)33-20)18-8-9-21(22(25)11-18)16-4-6-17(7-5-16)23(26)28-12-19-3-2-10-32-19/h2-11,20H,12-14H2,1H3,(H2,26,28)(H,27,30)/t20-/m0/s1. The van der Waals surface area contributed by atoms with E-state index in [0.29, 0.717) is 28.9 Å². The quantitative estimate of drug-likeness (QED) is 0.376. The summed E-state index contributed by atoms with van der Waals surface area (Å²) in [7, 11) is 0. The van der Waals surface area contributed by atoms with Crippen LogP contribution < -0.4 is 15.5 Å². The number of amidine groups is 1. The van der Waals surface area contributed by atoms with Crippen LogP contribution in [-0.4, -0.2) is 37.0 Å². The van der Waals surface area contributed by atoms with Gasteiger partial charge in [-0.15, -0.1) is 0 Å². The fourth-order valence-corrected chi connectivity index (χ4v) is 3.51. The van der Waals surface area contributed by atoms with E-state index in [1.165, 1.54) is 17.9 Å². The molecule has 170 valence electrons. The monoisotopic (exact) mass is 450 g/mol. The summed E-state index contributed by atoms with van der Waals surface area (Å²) in [5.74, 6) is 0.260. The fraction of sp³-hybridized carbons (Fsp3) is 0.208. The van der Waals surface area contributed by atoms with Crippen molar-refractivity contribution >= 4 is 23.5 Å². The van der Waals surface area contributed by atoms with Crippen LogP contribution in [0.3, 0.4) is 0 Å². The molecule has 1 atom stereocenters. The molecule has 9 heteroatoms. The number of rotatable bonds is 7. The number of carbonyl (C=O) groups is 2. The molecule has 1 aromatic heterocycles. The summed E-state index contributed by atoms with van der Waals surface area (Å²) in [5.41, 5.74) is 2.07. The molecule has 2 amide bonds. The number of halogens is 1. The smallest absolute Gasteiger partial charge is 0.414 e. The SMILES string of the molecule is CC(=O)NC[C@H]1CN(c2ccc(-c3ccc(C(=N)NCc4ccco4)cc3)c(F)c2)C(=O)O1. The highest BCUT2D eigenvalue weighted by atomic mass is 19.1. The maximum absolute atomic E-state index is 14.9. The number of hydrogen-bond donors (Lipinski definition) is 3. The van der Waals surface area contributed by atoms with E-state index >= 15 is 0 Å². The third-order valence-corrected chi connectivity index (χ3v) is 5.22. The summed E-state index contributed by atoms with van der Waals surface area (Å²) in [6, 6.07) is 15.1. The zero-order chi connectivity index (χ0) is 23.4. The van der Waals surface area contributed by atoms with Gasteiger partial charge in [-0.1, -0.05) is 24.3 Å². The summed E-state index contributed by atoms with van der Waals surface area (Å²) >= 11 is 0. The van der Waals surface area contributed by atoms with Crippen molar-refractivity contribution in [2.24, 2.45) is 0 Å². The molecule has 2 heterocycles. The van der Waals surface area contributed by atoms with Gasteiger partial charge in [0.2, 0.25) is 5.91 Å². The normalized spacial score (nSPS) is 15.3. The highest BCUT2D eigenvalue weighted by molar-refractivity contribution is 5.96. The average molecular weight is 450 g/mol. The third-order valence-electron chi connectivity index (χ3n) is 5.22. The first-order valence-corrected chi connectivity index (χ1v) is 10.4. The van der Waals surface area contributed by atoms with E-state index in [2.05, 4.69) is 10.6 Å². The van der Waals surface area contributed by atoms with E-state index in [-0.39, 0.29) is 24.8 Å². The van der Waals surface area contributed by atoms with Crippen LogP contribution in [0.5, 0.6) is 0 Å². The molecule has 0 spiro atoms. The molecule has 1 fully saturated rings. The molecule has 2 aromatic carbocycles. The van der Waals surface area contributed by atoms with Crippen LogP contribution in [0.4, 0.5) is 14.9 Å². The molecule has 0 aliphatic carbocycles. The number of amides is 2. The van der Waals surface area contributed by atoms with E-state index in [1.807, 2.05) is 6.07 Å². The predicted molar refractivity (Wildman–Crippen MR) is 121 cm³/mol. The van der Waals surface area contributed by atoms with Crippen LogP contribution in [0, 0.1) is 11.2 Å². The second-order valence-electron chi connectivity index (χ2n) is 7.60. The van der Waals surface area contributed by atoms with E-state index in [4.69, 9.17) is 14.6 Å². The molecule has 3 N–H and O–H groups in total. The van der Waals surface area contributed by atoms with Gasteiger partial charge in [-0.2, -0.15) is 0 Å². The number of cyclic esters (lactones) is 1. The lowest BCUT2D eigenvalue weighted by atomic mass is 10.0. The Morgan fingerprint density at radius 2 is 1.97 bits per heavy atom. The highest BCUT2D eigenvalue weighted by Crippen LogP contribution is 2.29. The lowest BCUT2D eigenvalue weighted by molar-refractivity contribution is -0.119. The summed E-state index contributed by atoms with van der Waals surface area (Å²) in [6.45, 7) is 2.21. The highest BCUT2D eigenvalue weighted by Gasteiger charge is 2.32. The number of benzene rings is 2. The minimum absolute atomic E-state index is 0.204. The molecule has 33 heavy (non-hydrogen) atoms. The second-order valence-corrected chi connectivity index (χ2v) is 7.60. The molecule has 1 saturated heterocycles. The molecule has 1 aliphatic heterocycles. The molecule has 1 aliphatic rings. The van der Waals surface area contributed by atoms with E-state index in [0.717, 1.165) is 5.76 Å². The Hall–Kier alpha value is -4.14. The maximum Gasteiger partial charge on any atom is 0.414 e. The maximum atomic E-state index is 14.9. The van der Waals surface area contributed by atoms with Gasteiger partial charge < -0.3 is 19.8 Å². The van der Waals surface area contributed by atoms with Crippen molar-refractivity contribution in [1.29, 1.82) is 5.41 Å². The van der Waals surface area contributed by atoms with Crippen LogP contribution in [0.25, 0.3) is 11.1 Å². The predicted octanol–water partition coefficient (Wildman–Crippen LogP) is 3.66. The van der Waals surface area contributed by atoms with Gasteiger partial charge in [0.05, 0.1) is 31.6 Å². The summed E-state index contributed by atoms with van der Waals surface area (Å²) in [6.07, 6.45) is 0.502. The zero-order valence-electron chi connectivity index (χ0n) is 17.9. The lowest BCUT2D eigenvalue weighted by Gasteiger charge is -2.15. The molecule has 0 bridgehead atoms. The number of anilines is 1. The molecule has 0 saturated carbocycles. The Bertz CT molecular complexity index is 1160. The first-order chi connectivity index (χ1) is 15.9. The van der Waals surface area contributed by atoms with Crippen LogP contribution in [0.1, 0.15) is 18.2 Å². The Balaban J connectivity index is 1.42. The third kappa shape index (κ3) is 5.20. The summed E-state index contributed by atoms with van der Waals surface area (Å²) in [5, 5.41) is 13.7. The van der Waals surface area contributed by atoms with Crippen LogP contribution in [-0.2, 0) is 16.1 Å². The molecule has 4 rings (SSSR count). The van der Waals surface area contributed by atoms with E-state index < -0.39 is 18.0 Å². The van der Waals surface area contributed by atoms with Crippen LogP contribution >= 0.6 is 0 Å². The van der Waals surface area contributed by atoms with Gasteiger partial charge in [-0.3, -0.25) is 15.1 Å². The van der Waals surface area contributed by atoms with Gasteiger partial charge in [0.1, 0.15) is 23.5 Å². The van der Waals surface area contributed by atoms with Crippen molar-refractivity contribution in [2.75, 3.05) is 18.0 Å². The fourth-order valence-electron chi connectivity index (χ4n) is 3.51. The van der Waals surface area contributed by atoms with Crippen molar-refractivity contribution in [3.63, 3.8) is 0 Å². The molecule has 0 radical (unpaired) electrons. The Kier molecular flexibility index (Phi) is 6.39. The summed E-state index contributed by atoms with van der Waals surface area (Å²) < 4.78 is 25.4. The minimum atomic E-state index is -0.581. The molecule has 8 nitrogen and oxygen atoms in total. The van der Waals surface area contributed by atoms with Crippen molar-refractivity contribution in [1.82, 2.24) is 10.6 Å². The first kappa shape index (κ1) is 22.1. The van der Waals surface area contributed by atoms with Gasteiger partial charge in [-0.25, -0.2) is 9.18 Å². The Morgan fingerprint density at radius 1 is 1.18 bits per heavy atom. The van der Waals surface area contributed by atoms with Gasteiger partial charge >= 0.3 is 6.09 Å². The second kappa shape index (κ2) is 9.56. The Morgan fingerprint density at radius 3 is 2.64 bits per heavy atom. The van der Waals surface area contributed by atoms with Crippen molar-refractivity contribution in [3.8, 4) is 11.1 Å². The topological polar surface area (TPSA) is 108 Å². The number of furan rings is 1. The zero-order valence-corrected chi connectivity index (χ0v) is 17.9. The van der Waals surface area contributed by atoms with Gasteiger partial charge in [0, 0.05) is 18.1 Å². The molecular formula is C24H23FN4O4. The summed E-state index contributed by atoms with van der Waals surface area (Å²) in [4.78, 5) is 24.6. The number of carbonyl (C=O) groups excluding carboxylic acids is 2. The number of nitrogens with one attached hydrogen (secondary N) is 3. The van der Waals surface area contributed by atoms with Crippen molar-refractivity contribution in [3.05, 3.63) is 78.0 Å². The largest absolute Gasteiger partial charge is 0.467 e. The van der Waals surface area contributed by atoms with E-state index in [9.17, 15) is 14.0 Å². The molecule has 3 aromatic rings. The first-order valence-electron chi connectivity index (χ1n) is 10.4. The molecular weight excluding hydrogens is 427 g/mol. The van der Waals surface area contributed by atoms with Crippen molar-refractivity contribution < 1.29 is 23.1 Å². The van der Waals surface area contributed by atoms with Crippen molar-refractivity contribution in [2.45, 2.75) is 19.6 Å². The Labute approximate surface area is 189 Å². The number of hydrogen-bond acceptors (Lipinski definition) is 5. The molecule has 0 unspecified atom stereocenters. The van der Waals surface area contributed by atoms with Gasteiger partial charge in [0.25, 0.3) is 0 Å². The lowest BCUT2D eigenvalue weighted by Crippen LogP contribution is -2.33. The van der Waals surface area contributed by atoms with Gasteiger partial charge in [-0.05, 0) is 35.9 Å². The van der Waals surface area contributed by atoms with E-state index in [1.54, 1.807) is 48.7 Å². The van der Waals surface area contributed by atoms with Gasteiger partial charge in [0.15, 0.2) is 0 Å².